The summed E-state index contributed by atoms with van der Waals surface area (Å²) in [5, 5.41) is 22.6. The Morgan fingerprint density at radius 2 is 2.18 bits per heavy atom. The van der Waals surface area contributed by atoms with E-state index in [0.29, 0.717) is 0 Å². The second-order valence-corrected chi connectivity index (χ2v) is 4.59. The summed E-state index contributed by atoms with van der Waals surface area (Å²) < 4.78 is 16.3. The van der Waals surface area contributed by atoms with Crippen LogP contribution in [0.1, 0.15) is 13.8 Å². The Morgan fingerprint density at radius 1 is 1.47 bits per heavy atom. The van der Waals surface area contributed by atoms with Gasteiger partial charge in [-0.3, -0.25) is 0 Å². The molecule has 2 heterocycles. The Bertz CT molecular complexity index is 357. The van der Waals surface area contributed by atoms with Gasteiger partial charge in [0.05, 0.1) is 19.3 Å². The molecule has 0 aliphatic carbocycles. The topological polar surface area (TPSA) is 117 Å². The lowest BCUT2D eigenvalue weighted by Crippen LogP contribution is -2.50. The van der Waals surface area contributed by atoms with Gasteiger partial charge in [-0.25, -0.2) is 0 Å². The zero-order chi connectivity index (χ0) is 12.7. The molecule has 2 aliphatic rings. The summed E-state index contributed by atoms with van der Waals surface area (Å²) in [6.45, 7) is 2.94. The number of aliphatic hydroxyl groups excluding tert-OH is 2. The lowest BCUT2D eigenvalue weighted by atomic mass is 9.96. The number of fused-ring (bicyclic) bond motifs is 1. The first kappa shape index (κ1) is 12.6. The Hall–Kier alpha value is -0.890. The van der Waals surface area contributed by atoms with E-state index in [1.807, 2.05) is 0 Å². The smallest absolute Gasteiger partial charge is 0.189 e. The molecule has 0 aromatic rings. The lowest BCUT2D eigenvalue weighted by Gasteiger charge is -2.27. The number of azide groups is 1. The van der Waals surface area contributed by atoms with E-state index in [0.717, 1.165) is 0 Å². The van der Waals surface area contributed by atoms with Crippen LogP contribution in [0.2, 0.25) is 0 Å². The molecule has 2 fully saturated rings. The van der Waals surface area contributed by atoms with Crippen LogP contribution in [0, 0.1) is 0 Å². The fourth-order valence-electron chi connectivity index (χ4n) is 2.33. The minimum Gasteiger partial charge on any atom is -0.393 e. The van der Waals surface area contributed by atoms with Gasteiger partial charge in [0.1, 0.15) is 6.10 Å². The van der Waals surface area contributed by atoms with Crippen molar-refractivity contribution in [2.45, 2.75) is 43.7 Å². The van der Waals surface area contributed by atoms with E-state index in [2.05, 4.69) is 10.0 Å². The molecule has 0 radical (unpaired) electrons. The fraction of sp³-hybridized carbons (Fsp3) is 1.00. The summed E-state index contributed by atoms with van der Waals surface area (Å²) in [5.41, 5.74) is 6.97. The van der Waals surface area contributed by atoms with E-state index >= 15 is 0 Å². The summed E-state index contributed by atoms with van der Waals surface area (Å²) in [4.78, 5) is 2.63. The third kappa shape index (κ3) is 1.89. The van der Waals surface area contributed by atoms with E-state index in [1.165, 1.54) is 0 Å². The number of aliphatic hydroxyl groups is 2. The molecule has 2 saturated heterocycles. The van der Waals surface area contributed by atoms with Crippen molar-refractivity contribution in [2.75, 3.05) is 13.2 Å². The number of hydrogen-bond acceptors (Lipinski definition) is 6. The van der Waals surface area contributed by atoms with Gasteiger partial charge in [-0.15, -0.1) is 0 Å². The Morgan fingerprint density at radius 3 is 2.76 bits per heavy atom. The monoisotopic (exact) mass is 245 g/mol. The van der Waals surface area contributed by atoms with E-state index < -0.39 is 36.5 Å². The zero-order valence-corrected chi connectivity index (χ0v) is 9.61. The van der Waals surface area contributed by atoms with Gasteiger partial charge in [-0.05, 0) is 19.4 Å². The van der Waals surface area contributed by atoms with Gasteiger partial charge in [-0.1, -0.05) is 5.11 Å². The van der Waals surface area contributed by atoms with Crippen molar-refractivity contribution in [3.05, 3.63) is 10.4 Å². The van der Waals surface area contributed by atoms with Crippen LogP contribution >= 0.6 is 0 Å². The summed E-state index contributed by atoms with van der Waals surface area (Å²) in [7, 11) is 0. The van der Waals surface area contributed by atoms with Gasteiger partial charge in [0, 0.05) is 4.91 Å². The SMILES string of the molecule is CC1(C)OC2C(CN=[N+]=[N-])OC(O)C2(CO)O1. The summed E-state index contributed by atoms with van der Waals surface area (Å²) >= 11 is 0. The first-order chi connectivity index (χ1) is 7.95. The molecule has 0 amide bonds. The minimum absolute atomic E-state index is 0.0133. The van der Waals surface area contributed by atoms with Crippen LogP contribution in [0.25, 0.3) is 10.4 Å². The van der Waals surface area contributed by atoms with Crippen LogP contribution in [0.3, 0.4) is 0 Å². The third-order valence-electron chi connectivity index (χ3n) is 2.96. The van der Waals surface area contributed by atoms with Gasteiger partial charge in [-0.2, -0.15) is 0 Å². The van der Waals surface area contributed by atoms with Crippen LogP contribution in [0.4, 0.5) is 0 Å². The van der Waals surface area contributed by atoms with Crippen molar-refractivity contribution in [1.82, 2.24) is 0 Å². The molecular weight excluding hydrogens is 230 g/mol. The van der Waals surface area contributed by atoms with Crippen molar-refractivity contribution in [1.29, 1.82) is 0 Å². The normalized spacial score (nSPS) is 43.2. The molecule has 0 aromatic heterocycles. The maximum atomic E-state index is 9.83. The van der Waals surface area contributed by atoms with E-state index in [-0.39, 0.29) is 6.54 Å². The molecule has 0 spiro atoms. The highest BCUT2D eigenvalue weighted by Crippen LogP contribution is 2.45. The first-order valence-electron chi connectivity index (χ1n) is 5.28. The molecule has 17 heavy (non-hydrogen) atoms. The van der Waals surface area contributed by atoms with Gasteiger partial charge in [0.25, 0.3) is 0 Å². The average molecular weight is 245 g/mol. The largest absolute Gasteiger partial charge is 0.393 e. The van der Waals surface area contributed by atoms with Crippen LogP contribution in [-0.2, 0) is 14.2 Å². The molecule has 0 aromatic carbocycles. The van der Waals surface area contributed by atoms with Crippen LogP contribution in [0.5, 0.6) is 0 Å². The highest BCUT2D eigenvalue weighted by molar-refractivity contribution is 5.07. The second-order valence-electron chi connectivity index (χ2n) is 4.59. The number of nitrogens with zero attached hydrogens (tertiary/aromatic N) is 3. The van der Waals surface area contributed by atoms with Gasteiger partial charge < -0.3 is 24.4 Å². The highest BCUT2D eigenvalue weighted by Gasteiger charge is 2.65. The standard InChI is InChI=1S/C9H15N3O5/c1-8(2)16-6-5(3-11-12-10)15-7(14)9(6,4-13)17-8/h5-7,13-14H,3-4H2,1-2H3. The fourth-order valence-corrected chi connectivity index (χ4v) is 2.33. The Kier molecular flexibility index (Phi) is 3.03. The van der Waals surface area contributed by atoms with E-state index in [4.69, 9.17) is 19.7 Å². The van der Waals surface area contributed by atoms with Crippen LogP contribution in [-0.4, -0.2) is 53.3 Å². The third-order valence-corrected chi connectivity index (χ3v) is 2.96. The highest BCUT2D eigenvalue weighted by atomic mass is 16.8. The average Bonchev–Trinajstić information content (AvgIpc) is 2.68. The van der Waals surface area contributed by atoms with Crippen molar-refractivity contribution in [3.63, 3.8) is 0 Å². The predicted octanol–water partition coefficient (Wildman–Crippen LogP) is -0.104. The molecule has 4 atom stereocenters. The van der Waals surface area contributed by atoms with Crippen molar-refractivity contribution in [2.24, 2.45) is 5.11 Å². The minimum atomic E-state index is -1.31. The van der Waals surface area contributed by atoms with Crippen LogP contribution < -0.4 is 0 Å². The van der Waals surface area contributed by atoms with Crippen molar-refractivity contribution >= 4 is 0 Å². The molecular formula is C9H15N3O5. The number of hydrogen-bond donors (Lipinski definition) is 2. The molecule has 4 unspecified atom stereocenters. The van der Waals surface area contributed by atoms with Gasteiger partial charge in [0.2, 0.25) is 0 Å². The Labute approximate surface area is 97.7 Å². The molecule has 0 saturated carbocycles. The molecule has 8 heteroatoms. The maximum Gasteiger partial charge on any atom is 0.189 e. The van der Waals surface area contributed by atoms with E-state index in [9.17, 15) is 10.2 Å². The van der Waals surface area contributed by atoms with Crippen molar-refractivity contribution in [3.8, 4) is 0 Å². The quantitative estimate of drug-likeness (QED) is 0.409. The summed E-state index contributed by atoms with van der Waals surface area (Å²) in [6, 6.07) is 0. The molecule has 0 bridgehead atoms. The molecule has 96 valence electrons. The summed E-state index contributed by atoms with van der Waals surface area (Å²) in [6.07, 6.45) is -2.60. The zero-order valence-electron chi connectivity index (χ0n) is 9.61. The molecule has 8 nitrogen and oxygen atoms in total. The predicted molar refractivity (Wildman–Crippen MR) is 54.7 cm³/mol. The summed E-state index contributed by atoms with van der Waals surface area (Å²) in [5.74, 6) is -0.924. The van der Waals surface area contributed by atoms with Crippen LogP contribution in [0.15, 0.2) is 5.11 Å². The maximum absolute atomic E-state index is 9.83. The van der Waals surface area contributed by atoms with E-state index in [1.54, 1.807) is 13.8 Å². The molecule has 2 aliphatic heterocycles. The molecule has 2 N–H and O–H groups in total. The first-order valence-corrected chi connectivity index (χ1v) is 5.28. The number of rotatable bonds is 3. The molecule has 2 rings (SSSR count). The van der Waals surface area contributed by atoms with Gasteiger partial charge in [0.15, 0.2) is 17.7 Å². The lowest BCUT2D eigenvalue weighted by molar-refractivity contribution is -0.251. The second kappa shape index (κ2) is 4.09. The van der Waals surface area contributed by atoms with Gasteiger partial charge >= 0.3 is 0 Å². The van der Waals surface area contributed by atoms with Crippen molar-refractivity contribution < 1.29 is 24.4 Å². The number of ether oxygens (including phenoxy) is 3. The Balaban J connectivity index is 2.25.